The molecule has 0 radical (unpaired) electrons. The summed E-state index contributed by atoms with van der Waals surface area (Å²) in [6.45, 7) is 3.27. The summed E-state index contributed by atoms with van der Waals surface area (Å²) < 4.78 is 6.99. The Morgan fingerprint density at radius 1 is 1.56 bits per heavy atom. The van der Waals surface area contributed by atoms with Gasteiger partial charge in [-0.15, -0.1) is 0 Å². The molecule has 1 N–H and O–H groups in total. The van der Waals surface area contributed by atoms with Crippen molar-refractivity contribution in [1.29, 1.82) is 0 Å². The smallest absolute Gasteiger partial charge is 0.344 e. The summed E-state index contributed by atoms with van der Waals surface area (Å²) in [6, 6.07) is 0. The van der Waals surface area contributed by atoms with Crippen molar-refractivity contribution in [2.75, 3.05) is 6.61 Å². The molecule has 0 saturated heterocycles. The van der Waals surface area contributed by atoms with Crippen LogP contribution in [0.2, 0.25) is 0 Å². The number of pyridine rings is 1. The summed E-state index contributed by atoms with van der Waals surface area (Å²) in [6.07, 6.45) is 1.40. The first-order valence-corrected chi connectivity index (χ1v) is 5.42. The largest absolute Gasteiger partial charge is 0.462 e. The van der Waals surface area contributed by atoms with E-state index >= 15 is 0 Å². The number of ether oxygens (including phenoxy) is 1. The molecule has 0 fully saturated rings. The van der Waals surface area contributed by atoms with Crippen LogP contribution in [0, 0.1) is 6.92 Å². The topological polar surface area (TPSA) is 86.3 Å². The zero-order valence-electron chi connectivity index (χ0n) is 10.3. The van der Waals surface area contributed by atoms with Crippen LogP contribution in [0.25, 0.3) is 11.2 Å². The fourth-order valence-electron chi connectivity index (χ4n) is 1.83. The highest BCUT2D eigenvalue weighted by molar-refractivity contribution is 5.93. The quantitative estimate of drug-likeness (QED) is 0.619. The van der Waals surface area contributed by atoms with Gasteiger partial charge in [-0.1, -0.05) is 0 Å². The van der Waals surface area contributed by atoms with E-state index in [1.165, 1.54) is 17.8 Å². The number of esters is 1. The molecule has 0 aliphatic heterocycles. The van der Waals surface area contributed by atoms with Gasteiger partial charge in [-0.2, -0.15) is 4.73 Å². The molecule has 0 saturated carbocycles. The molecule has 0 atom stereocenters. The minimum absolute atomic E-state index is 0.115. The maximum absolute atomic E-state index is 12.2. The molecule has 0 aliphatic rings. The van der Waals surface area contributed by atoms with Crippen LogP contribution in [0.1, 0.15) is 23.0 Å². The molecule has 2 rings (SSSR count). The lowest BCUT2D eigenvalue weighted by atomic mass is 10.2. The molecule has 0 amide bonds. The summed E-state index contributed by atoms with van der Waals surface area (Å²) in [7, 11) is 1.61. The molecule has 18 heavy (non-hydrogen) atoms. The summed E-state index contributed by atoms with van der Waals surface area (Å²) in [5.41, 5.74) is -0.273. The Balaban J connectivity index is 2.86. The van der Waals surface area contributed by atoms with Gasteiger partial charge in [0.1, 0.15) is 11.1 Å². The molecule has 2 heterocycles. The minimum atomic E-state index is -0.745. The first kappa shape index (κ1) is 12.2. The Bertz CT molecular complexity index is 684. The van der Waals surface area contributed by atoms with Crippen molar-refractivity contribution in [1.82, 2.24) is 14.3 Å². The van der Waals surface area contributed by atoms with Crippen LogP contribution in [0.15, 0.2) is 11.1 Å². The van der Waals surface area contributed by atoms with Crippen LogP contribution in [-0.2, 0) is 11.8 Å². The van der Waals surface area contributed by atoms with Gasteiger partial charge in [-0.25, -0.2) is 9.78 Å². The fraction of sp³-hybridized carbons (Fsp3) is 0.364. The molecule has 0 bridgehead atoms. The highest BCUT2D eigenvalue weighted by Crippen LogP contribution is 2.13. The number of rotatable bonds is 2. The first-order chi connectivity index (χ1) is 8.49. The predicted octanol–water partition coefficient (Wildman–Crippen LogP) is 0.457. The van der Waals surface area contributed by atoms with E-state index in [0.29, 0.717) is 0 Å². The van der Waals surface area contributed by atoms with E-state index in [1.54, 1.807) is 14.0 Å². The number of carbonyl (C=O) groups is 1. The van der Waals surface area contributed by atoms with Gasteiger partial charge in [0.25, 0.3) is 0 Å². The Morgan fingerprint density at radius 2 is 2.22 bits per heavy atom. The van der Waals surface area contributed by atoms with Crippen LogP contribution >= 0.6 is 0 Å². The van der Waals surface area contributed by atoms with E-state index < -0.39 is 11.4 Å². The number of aryl methyl sites for hydroxylation is 1. The van der Waals surface area contributed by atoms with Crippen molar-refractivity contribution in [3.8, 4) is 0 Å². The lowest BCUT2D eigenvalue weighted by Gasteiger charge is -2.09. The van der Waals surface area contributed by atoms with E-state index in [2.05, 4.69) is 4.98 Å². The van der Waals surface area contributed by atoms with Crippen molar-refractivity contribution < 1.29 is 14.7 Å². The van der Waals surface area contributed by atoms with Crippen molar-refractivity contribution >= 4 is 17.1 Å². The number of carbonyl (C=O) groups excluding carboxylic acids is 1. The minimum Gasteiger partial charge on any atom is -0.462 e. The van der Waals surface area contributed by atoms with Gasteiger partial charge >= 0.3 is 5.97 Å². The number of imidazole rings is 1. The Kier molecular flexibility index (Phi) is 2.82. The molecule has 7 heteroatoms. The third kappa shape index (κ3) is 1.55. The standard InChI is InChI=1S/C11H13N3O4/c1-4-18-11(16)7-6(2)14(17)10-8(9(7)15)13(3)5-12-10/h5,17H,4H2,1-3H3. The van der Waals surface area contributed by atoms with E-state index in [1.807, 2.05) is 0 Å². The van der Waals surface area contributed by atoms with Crippen LogP contribution in [0.5, 0.6) is 0 Å². The van der Waals surface area contributed by atoms with Crippen LogP contribution in [0.3, 0.4) is 0 Å². The average molecular weight is 251 g/mol. The molecule has 7 nitrogen and oxygen atoms in total. The predicted molar refractivity (Wildman–Crippen MR) is 62.9 cm³/mol. The summed E-state index contributed by atoms with van der Waals surface area (Å²) >= 11 is 0. The number of aromatic nitrogens is 3. The third-order valence-electron chi connectivity index (χ3n) is 2.72. The molecule has 0 spiro atoms. The Labute approximate surface area is 102 Å². The Hall–Kier alpha value is -2.31. The van der Waals surface area contributed by atoms with Crippen molar-refractivity contribution in [2.24, 2.45) is 7.05 Å². The van der Waals surface area contributed by atoms with E-state index in [4.69, 9.17) is 4.74 Å². The van der Waals surface area contributed by atoms with Crippen LogP contribution in [-0.4, -0.2) is 32.1 Å². The van der Waals surface area contributed by atoms with Gasteiger partial charge < -0.3 is 14.5 Å². The van der Waals surface area contributed by atoms with Gasteiger partial charge in [0.15, 0.2) is 5.65 Å². The Morgan fingerprint density at radius 3 is 2.83 bits per heavy atom. The summed E-state index contributed by atoms with van der Waals surface area (Å²) in [5, 5.41) is 9.89. The molecular weight excluding hydrogens is 238 g/mol. The van der Waals surface area contributed by atoms with Gasteiger partial charge in [-0.3, -0.25) is 4.79 Å². The van der Waals surface area contributed by atoms with E-state index in [9.17, 15) is 14.8 Å². The van der Waals surface area contributed by atoms with Crippen molar-refractivity contribution in [2.45, 2.75) is 13.8 Å². The van der Waals surface area contributed by atoms with Gasteiger partial charge in [0.05, 0.1) is 18.6 Å². The number of nitrogens with zero attached hydrogens (tertiary/aromatic N) is 3. The second-order valence-electron chi connectivity index (χ2n) is 3.85. The maximum atomic E-state index is 12.2. The second kappa shape index (κ2) is 4.17. The van der Waals surface area contributed by atoms with Crippen LogP contribution < -0.4 is 5.43 Å². The highest BCUT2D eigenvalue weighted by Gasteiger charge is 2.23. The van der Waals surface area contributed by atoms with Crippen LogP contribution in [0.4, 0.5) is 0 Å². The molecule has 0 aromatic carbocycles. The second-order valence-corrected chi connectivity index (χ2v) is 3.85. The van der Waals surface area contributed by atoms with Gasteiger partial charge in [-0.05, 0) is 13.8 Å². The summed E-state index contributed by atoms with van der Waals surface area (Å²) in [5.74, 6) is -0.745. The zero-order valence-corrected chi connectivity index (χ0v) is 10.3. The lowest BCUT2D eigenvalue weighted by molar-refractivity contribution is 0.0518. The van der Waals surface area contributed by atoms with Crippen molar-refractivity contribution in [3.05, 3.63) is 27.8 Å². The SMILES string of the molecule is CCOC(=O)c1c(C)n(O)c2ncn(C)c2c1=O. The molecule has 0 aliphatic carbocycles. The average Bonchev–Trinajstić information content (AvgIpc) is 2.69. The number of hydrogen-bond donors (Lipinski definition) is 1. The molecule has 2 aromatic heterocycles. The molecular formula is C11H13N3O4. The monoisotopic (exact) mass is 251 g/mol. The fourth-order valence-corrected chi connectivity index (χ4v) is 1.83. The maximum Gasteiger partial charge on any atom is 0.344 e. The van der Waals surface area contributed by atoms with Crippen molar-refractivity contribution in [3.63, 3.8) is 0 Å². The normalized spacial score (nSPS) is 10.8. The lowest BCUT2D eigenvalue weighted by Crippen LogP contribution is -2.24. The molecule has 96 valence electrons. The first-order valence-electron chi connectivity index (χ1n) is 5.42. The third-order valence-corrected chi connectivity index (χ3v) is 2.72. The zero-order chi connectivity index (χ0) is 13.4. The highest BCUT2D eigenvalue weighted by atomic mass is 16.5. The number of hydrogen-bond acceptors (Lipinski definition) is 5. The number of fused-ring (bicyclic) bond motifs is 1. The van der Waals surface area contributed by atoms with Gasteiger partial charge in [0, 0.05) is 7.05 Å². The summed E-state index contributed by atoms with van der Waals surface area (Å²) in [4.78, 5) is 27.9. The molecule has 2 aromatic rings. The van der Waals surface area contributed by atoms with Gasteiger partial charge in [0.2, 0.25) is 5.43 Å². The van der Waals surface area contributed by atoms with E-state index in [0.717, 1.165) is 4.73 Å². The molecule has 0 unspecified atom stereocenters. The van der Waals surface area contributed by atoms with E-state index in [-0.39, 0.29) is 29.0 Å².